The monoisotopic (exact) mass is 368 g/mol. The number of para-hydroxylation sites is 1. The molecule has 0 radical (unpaired) electrons. The minimum absolute atomic E-state index is 0.199. The number of carboxylic acid groups (broad SMARTS) is 1. The van der Waals surface area contributed by atoms with Gasteiger partial charge in [0, 0.05) is 7.05 Å². The van der Waals surface area contributed by atoms with Crippen LogP contribution in [0.15, 0.2) is 60.3 Å². The van der Waals surface area contributed by atoms with Crippen LogP contribution in [0.2, 0.25) is 0 Å². The van der Waals surface area contributed by atoms with Crippen LogP contribution in [0, 0.1) is 0 Å². The number of nitrogens with zero attached hydrogens (tertiary/aromatic N) is 2. The summed E-state index contributed by atoms with van der Waals surface area (Å²) < 4.78 is 5.10. The molecule has 1 N–H and O–H groups in total. The number of likely N-dealkylation sites (N-methyl/N-ethyl adjacent to an activating group) is 1. The van der Waals surface area contributed by atoms with Gasteiger partial charge in [-0.25, -0.2) is 4.79 Å². The number of thiocarbonyl (C=S) groups is 1. The Bertz CT molecular complexity index is 878. The third kappa shape index (κ3) is 3.57. The predicted octanol–water partition coefficient (Wildman–Crippen LogP) is 2.75. The van der Waals surface area contributed by atoms with Crippen molar-refractivity contribution < 1.29 is 19.4 Å². The molecule has 2 aromatic rings. The second kappa shape index (κ2) is 7.37. The van der Waals surface area contributed by atoms with Crippen molar-refractivity contribution in [3.8, 4) is 5.75 Å². The summed E-state index contributed by atoms with van der Waals surface area (Å²) in [5.41, 5.74) is 1.95. The Kier molecular flexibility index (Phi) is 4.99. The zero-order valence-corrected chi connectivity index (χ0v) is 14.8. The van der Waals surface area contributed by atoms with E-state index in [0.717, 1.165) is 11.3 Å². The molecule has 0 aliphatic carbocycles. The van der Waals surface area contributed by atoms with E-state index in [9.17, 15) is 9.59 Å². The van der Waals surface area contributed by atoms with Crippen molar-refractivity contribution in [1.82, 2.24) is 4.90 Å². The minimum atomic E-state index is -1.04. The molecule has 0 bridgehead atoms. The Labute approximate surface area is 155 Å². The van der Waals surface area contributed by atoms with Crippen LogP contribution in [-0.2, 0) is 9.59 Å². The van der Waals surface area contributed by atoms with Gasteiger partial charge in [0.25, 0.3) is 5.91 Å². The van der Waals surface area contributed by atoms with E-state index in [4.69, 9.17) is 22.1 Å². The molecular weight excluding hydrogens is 352 g/mol. The van der Waals surface area contributed by atoms with E-state index in [1.54, 1.807) is 42.3 Å². The van der Waals surface area contributed by atoms with Gasteiger partial charge in [0.05, 0.1) is 5.69 Å². The van der Waals surface area contributed by atoms with Gasteiger partial charge in [0.15, 0.2) is 11.7 Å². The molecule has 1 aliphatic heterocycles. The average molecular weight is 368 g/mol. The first kappa shape index (κ1) is 17.6. The fourth-order valence-corrected chi connectivity index (χ4v) is 2.81. The number of hydrogen-bond acceptors (Lipinski definition) is 4. The smallest absolute Gasteiger partial charge is 0.341 e. The van der Waals surface area contributed by atoms with Crippen LogP contribution in [0.1, 0.15) is 5.56 Å². The van der Waals surface area contributed by atoms with Gasteiger partial charge in [-0.2, -0.15) is 0 Å². The van der Waals surface area contributed by atoms with E-state index in [0.29, 0.717) is 16.6 Å². The van der Waals surface area contributed by atoms with Crippen molar-refractivity contribution in [2.45, 2.75) is 0 Å². The van der Waals surface area contributed by atoms with Crippen molar-refractivity contribution in [2.24, 2.45) is 0 Å². The summed E-state index contributed by atoms with van der Waals surface area (Å²) in [6.07, 6.45) is 1.73. The molecule has 1 fully saturated rings. The summed E-state index contributed by atoms with van der Waals surface area (Å²) in [5, 5.41) is 9.04. The van der Waals surface area contributed by atoms with Crippen molar-refractivity contribution >= 4 is 41.0 Å². The Hall–Kier alpha value is -3.19. The van der Waals surface area contributed by atoms with Crippen LogP contribution in [-0.4, -0.2) is 40.6 Å². The average Bonchev–Trinajstić information content (AvgIpc) is 2.85. The van der Waals surface area contributed by atoms with Crippen molar-refractivity contribution in [2.75, 3.05) is 18.6 Å². The number of carbonyl (C=O) groups is 2. The van der Waals surface area contributed by atoms with Gasteiger partial charge in [0.2, 0.25) is 0 Å². The van der Waals surface area contributed by atoms with Crippen LogP contribution >= 0.6 is 12.2 Å². The predicted molar refractivity (Wildman–Crippen MR) is 102 cm³/mol. The number of anilines is 1. The van der Waals surface area contributed by atoms with Crippen LogP contribution in [0.25, 0.3) is 6.08 Å². The van der Waals surface area contributed by atoms with Crippen LogP contribution < -0.4 is 9.64 Å². The molecule has 7 heteroatoms. The first-order chi connectivity index (χ1) is 12.5. The largest absolute Gasteiger partial charge is 0.482 e. The molecule has 132 valence electrons. The molecule has 0 unspecified atom stereocenters. The lowest BCUT2D eigenvalue weighted by Crippen LogP contribution is -2.30. The molecule has 26 heavy (non-hydrogen) atoms. The molecule has 1 amide bonds. The lowest BCUT2D eigenvalue weighted by atomic mass is 10.1. The molecule has 1 heterocycles. The highest BCUT2D eigenvalue weighted by atomic mass is 32.1. The lowest BCUT2D eigenvalue weighted by Gasteiger charge is -2.16. The molecule has 1 aliphatic rings. The molecule has 1 saturated heterocycles. The maximum Gasteiger partial charge on any atom is 0.341 e. The van der Waals surface area contributed by atoms with E-state index >= 15 is 0 Å². The Morgan fingerprint density at radius 3 is 2.42 bits per heavy atom. The van der Waals surface area contributed by atoms with Crippen LogP contribution in [0.3, 0.4) is 0 Å². The van der Waals surface area contributed by atoms with Crippen molar-refractivity contribution in [3.63, 3.8) is 0 Å². The van der Waals surface area contributed by atoms with Gasteiger partial charge < -0.3 is 14.7 Å². The van der Waals surface area contributed by atoms with E-state index in [2.05, 4.69) is 0 Å². The summed E-state index contributed by atoms with van der Waals surface area (Å²) in [6.45, 7) is -0.401. The molecule has 0 spiro atoms. The summed E-state index contributed by atoms with van der Waals surface area (Å²) in [4.78, 5) is 26.5. The summed E-state index contributed by atoms with van der Waals surface area (Å²) in [6, 6.07) is 16.0. The van der Waals surface area contributed by atoms with Gasteiger partial charge >= 0.3 is 5.97 Å². The number of rotatable bonds is 5. The molecule has 0 aromatic heterocycles. The second-order valence-electron chi connectivity index (χ2n) is 5.60. The number of amides is 1. The quantitative estimate of drug-likeness (QED) is 0.646. The molecular formula is C19H16N2O4S. The van der Waals surface area contributed by atoms with Gasteiger partial charge in [-0.15, -0.1) is 0 Å². The van der Waals surface area contributed by atoms with Crippen LogP contribution in [0.4, 0.5) is 5.69 Å². The normalized spacial score (nSPS) is 15.7. The fraction of sp³-hybridized carbons (Fsp3) is 0.105. The second-order valence-corrected chi connectivity index (χ2v) is 5.96. The Balaban J connectivity index is 1.83. The van der Waals surface area contributed by atoms with E-state index in [-0.39, 0.29) is 5.91 Å². The Morgan fingerprint density at radius 1 is 1.15 bits per heavy atom. The molecule has 6 nitrogen and oxygen atoms in total. The maximum absolute atomic E-state index is 12.8. The van der Waals surface area contributed by atoms with Crippen LogP contribution in [0.5, 0.6) is 5.75 Å². The minimum Gasteiger partial charge on any atom is -0.482 e. The first-order valence-electron chi connectivity index (χ1n) is 7.81. The summed E-state index contributed by atoms with van der Waals surface area (Å²) in [7, 11) is 1.75. The maximum atomic E-state index is 12.8. The third-order valence-electron chi connectivity index (χ3n) is 3.82. The molecule has 2 aromatic carbocycles. The number of hydrogen-bond donors (Lipinski definition) is 1. The highest BCUT2D eigenvalue weighted by Gasteiger charge is 2.36. The van der Waals surface area contributed by atoms with Gasteiger partial charge in [-0.3, -0.25) is 9.69 Å². The van der Waals surface area contributed by atoms with Crippen molar-refractivity contribution in [1.29, 1.82) is 0 Å². The fourth-order valence-electron chi connectivity index (χ4n) is 2.52. The number of ether oxygens (including phenoxy) is 1. The first-order valence-corrected chi connectivity index (χ1v) is 8.22. The molecule has 0 saturated carbocycles. The number of benzene rings is 2. The van der Waals surface area contributed by atoms with E-state index < -0.39 is 12.6 Å². The lowest BCUT2D eigenvalue weighted by molar-refractivity contribution is -0.139. The Morgan fingerprint density at radius 2 is 1.81 bits per heavy atom. The highest BCUT2D eigenvalue weighted by molar-refractivity contribution is 7.80. The van der Waals surface area contributed by atoms with Gasteiger partial charge in [0.1, 0.15) is 11.4 Å². The van der Waals surface area contributed by atoms with E-state index in [1.807, 2.05) is 30.3 Å². The number of carboxylic acids is 1. The van der Waals surface area contributed by atoms with Gasteiger partial charge in [-0.05, 0) is 48.1 Å². The van der Waals surface area contributed by atoms with Crippen molar-refractivity contribution in [3.05, 3.63) is 65.9 Å². The zero-order valence-electron chi connectivity index (χ0n) is 14.0. The standard InChI is InChI=1S/C19H16N2O4S/c1-20-16(11-13-7-9-15(10-8-13)25-12-17(22)23)18(24)21(19(20)26)14-5-3-2-4-6-14/h2-11H,12H2,1H3,(H,22,23)/b16-11+. The number of aliphatic carboxylic acids is 1. The number of carbonyl (C=O) groups excluding carboxylic acids is 1. The SMILES string of the molecule is CN1C(=S)N(c2ccccc2)C(=O)/C1=C\c1ccc(OCC(=O)O)cc1. The molecule has 3 rings (SSSR count). The third-order valence-corrected chi connectivity index (χ3v) is 4.28. The summed E-state index contributed by atoms with van der Waals surface area (Å²) in [5.74, 6) is -0.791. The zero-order chi connectivity index (χ0) is 18.7. The van der Waals surface area contributed by atoms with E-state index in [1.165, 1.54) is 4.90 Å². The molecule has 0 atom stereocenters. The topological polar surface area (TPSA) is 70.1 Å². The highest BCUT2D eigenvalue weighted by Crippen LogP contribution is 2.28. The summed E-state index contributed by atoms with van der Waals surface area (Å²) >= 11 is 5.41. The van der Waals surface area contributed by atoms with Gasteiger partial charge in [-0.1, -0.05) is 30.3 Å².